The van der Waals surface area contributed by atoms with E-state index in [0.717, 1.165) is 23.2 Å². The molecule has 0 atom stereocenters. The second kappa shape index (κ2) is 2.82. The normalized spacial score (nSPS) is 16.9. The summed E-state index contributed by atoms with van der Waals surface area (Å²) >= 11 is 1.68. The molecule has 2 aromatic heterocycles. The van der Waals surface area contributed by atoms with Crippen LogP contribution in [0.15, 0.2) is 17.8 Å². The quantitative estimate of drug-likeness (QED) is 0.803. The van der Waals surface area contributed by atoms with Gasteiger partial charge >= 0.3 is 0 Å². The Hall–Kier alpha value is -0.870. The van der Waals surface area contributed by atoms with Gasteiger partial charge in [-0.3, -0.25) is 4.40 Å². The zero-order valence-electron chi connectivity index (χ0n) is 7.23. The van der Waals surface area contributed by atoms with Crippen LogP contribution >= 0.6 is 11.3 Å². The van der Waals surface area contributed by atoms with E-state index in [9.17, 15) is 0 Å². The third kappa shape index (κ3) is 1.47. The highest BCUT2D eigenvalue weighted by Crippen LogP contribution is 2.19. The van der Waals surface area contributed by atoms with Crippen LogP contribution in [0.5, 0.6) is 0 Å². The first-order chi connectivity index (χ1) is 6.42. The summed E-state index contributed by atoms with van der Waals surface area (Å²) in [4.78, 5) is 5.58. The van der Waals surface area contributed by atoms with E-state index in [1.165, 1.54) is 12.8 Å². The van der Waals surface area contributed by atoms with Crippen LogP contribution in [0, 0.1) is 0 Å². The van der Waals surface area contributed by atoms with Crippen LogP contribution in [0.2, 0.25) is 0 Å². The number of nitrogens with one attached hydrogen (secondary N) is 1. The maximum Gasteiger partial charge on any atom is 0.193 e. The molecule has 0 unspecified atom stereocenters. The summed E-state index contributed by atoms with van der Waals surface area (Å²) in [6.07, 6.45) is 6.82. The van der Waals surface area contributed by atoms with Gasteiger partial charge in [-0.2, -0.15) is 0 Å². The molecular formula is C9H11N3S. The average Bonchev–Trinajstić information content (AvgIpc) is 2.71. The van der Waals surface area contributed by atoms with E-state index in [0.29, 0.717) is 0 Å². The molecule has 1 saturated carbocycles. The highest BCUT2D eigenvalue weighted by atomic mass is 32.1. The monoisotopic (exact) mass is 193 g/mol. The Morgan fingerprint density at radius 2 is 2.54 bits per heavy atom. The Balaban J connectivity index is 1.77. The van der Waals surface area contributed by atoms with Crippen LogP contribution in [-0.4, -0.2) is 15.4 Å². The minimum atomic E-state index is 0.764. The summed E-state index contributed by atoms with van der Waals surface area (Å²) < 4.78 is 2.08. The van der Waals surface area contributed by atoms with E-state index in [1.807, 2.05) is 6.20 Å². The van der Waals surface area contributed by atoms with Crippen molar-refractivity contribution in [3.8, 4) is 0 Å². The first kappa shape index (κ1) is 7.53. The second-order valence-corrected chi connectivity index (χ2v) is 4.35. The van der Waals surface area contributed by atoms with E-state index in [4.69, 9.17) is 0 Å². The summed E-state index contributed by atoms with van der Waals surface area (Å²) in [6, 6.07) is 0.764. The number of thiazole rings is 1. The molecule has 4 heteroatoms. The van der Waals surface area contributed by atoms with Gasteiger partial charge in [0.05, 0.1) is 5.69 Å². The number of fused-ring (bicyclic) bond motifs is 1. The van der Waals surface area contributed by atoms with Gasteiger partial charge in [-0.1, -0.05) is 0 Å². The van der Waals surface area contributed by atoms with E-state index >= 15 is 0 Å². The van der Waals surface area contributed by atoms with Crippen molar-refractivity contribution < 1.29 is 0 Å². The number of imidazole rings is 1. The molecule has 0 amide bonds. The SMILES string of the molecule is c1cn2cc(CNC3CC3)nc2s1. The van der Waals surface area contributed by atoms with Gasteiger partial charge in [-0.25, -0.2) is 4.98 Å². The standard InChI is InChI=1S/C9H11N3S/c1-2-7(1)10-5-8-6-12-3-4-13-9(12)11-8/h3-4,6-7,10H,1-2,5H2. The van der Waals surface area contributed by atoms with Gasteiger partial charge in [-0.05, 0) is 12.8 Å². The van der Waals surface area contributed by atoms with Crippen molar-refractivity contribution >= 4 is 16.3 Å². The number of rotatable bonds is 3. The first-order valence-electron chi connectivity index (χ1n) is 4.56. The topological polar surface area (TPSA) is 29.3 Å². The number of hydrogen-bond acceptors (Lipinski definition) is 3. The molecule has 0 saturated heterocycles. The van der Waals surface area contributed by atoms with Gasteiger partial charge in [0.25, 0.3) is 0 Å². The molecular weight excluding hydrogens is 182 g/mol. The molecule has 2 aromatic rings. The number of aromatic nitrogens is 2. The van der Waals surface area contributed by atoms with Crippen molar-refractivity contribution in [3.05, 3.63) is 23.5 Å². The van der Waals surface area contributed by atoms with E-state index in [1.54, 1.807) is 11.3 Å². The van der Waals surface area contributed by atoms with Crippen LogP contribution in [0.1, 0.15) is 18.5 Å². The molecule has 1 aliphatic rings. The van der Waals surface area contributed by atoms with Crippen molar-refractivity contribution in [2.75, 3.05) is 0 Å². The molecule has 3 rings (SSSR count). The molecule has 68 valence electrons. The summed E-state index contributed by atoms with van der Waals surface area (Å²) in [6.45, 7) is 0.916. The minimum Gasteiger partial charge on any atom is -0.308 e. The summed E-state index contributed by atoms with van der Waals surface area (Å²) in [5.74, 6) is 0. The lowest BCUT2D eigenvalue weighted by atomic mass is 10.4. The molecule has 0 aromatic carbocycles. The van der Waals surface area contributed by atoms with Crippen LogP contribution in [0.3, 0.4) is 0 Å². The predicted molar refractivity (Wildman–Crippen MR) is 52.9 cm³/mol. The first-order valence-corrected chi connectivity index (χ1v) is 5.44. The number of hydrogen-bond donors (Lipinski definition) is 1. The van der Waals surface area contributed by atoms with Crippen molar-refractivity contribution in [1.82, 2.24) is 14.7 Å². The van der Waals surface area contributed by atoms with Gasteiger partial charge in [0.2, 0.25) is 0 Å². The fourth-order valence-corrected chi connectivity index (χ4v) is 2.12. The molecule has 13 heavy (non-hydrogen) atoms. The van der Waals surface area contributed by atoms with E-state index in [-0.39, 0.29) is 0 Å². The smallest absolute Gasteiger partial charge is 0.193 e. The lowest BCUT2D eigenvalue weighted by Crippen LogP contribution is -2.15. The number of nitrogens with zero attached hydrogens (tertiary/aromatic N) is 2. The van der Waals surface area contributed by atoms with E-state index in [2.05, 4.69) is 26.3 Å². The third-order valence-electron chi connectivity index (χ3n) is 2.29. The highest BCUT2D eigenvalue weighted by Gasteiger charge is 2.20. The summed E-state index contributed by atoms with van der Waals surface area (Å²) in [7, 11) is 0. The second-order valence-electron chi connectivity index (χ2n) is 3.48. The van der Waals surface area contributed by atoms with Crippen molar-refractivity contribution in [1.29, 1.82) is 0 Å². The Morgan fingerprint density at radius 1 is 1.62 bits per heavy atom. The molecule has 0 bridgehead atoms. The highest BCUT2D eigenvalue weighted by molar-refractivity contribution is 7.15. The van der Waals surface area contributed by atoms with Crippen molar-refractivity contribution in [3.63, 3.8) is 0 Å². The maximum atomic E-state index is 4.49. The molecule has 0 radical (unpaired) electrons. The molecule has 3 nitrogen and oxygen atoms in total. The van der Waals surface area contributed by atoms with Gasteiger partial charge in [0.1, 0.15) is 0 Å². The molecule has 2 heterocycles. The molecule has 0 aliphatic heterocycles. The lowest BCUT2D eigenvalue weighted by Gasteiger charge is -1.96. The average molecular weight is 193 g/mol. The van der Waals surface area contributed by atoms with Crippen molar-refractivity contribution in [2.45, 2.75) is 25.4 Å². The fourth-order valence-electron chi connectivity index (χ4n) is 1.40. The zero-order chi connectivity index (χ0) is 8.67. The van der Waals surface area contributed by atoms with Crippen LogP contribution in [0.25, 0.3) is 4.96 Å². The van der Waals surface area contributed by atoms with Crippen LogP contribution in [-0.2, 0) is 6.54 Å². The van der Waals surface area contributed by atoms with Gasteiger partial charge in [0.15, 0.2) is 4.96 Å². The van der Waals surface area contributed by atoms with E-state index < -0.39 is 0 Å². The largest absolute Gasteiger partial charge is 0.308 e. The van der Waals surface area contributed by atoms with Crippen LogP contribution < -0.4 is 5.32 Å². The van der Waals surface area contributed by atoms with Crippen molar-refractivity contribution in [2.24, 2.45) is 0 Å². The zero-order valence-corrected chi connectivity index (χ0v) is 8.05. The lowest BCUT2D eigenvalue weighted by molar-refractivity contribution is 0.677. The fraction of sp³-hybridized carbons (Fsp3) is 0.444. The molecule has 0 spiro atoms. The van der Waals surface area contributed by atoms with Gasteiger partial charge in [-0.15, -0.1) is 11.3 Å². The van der Waals surface area contributed by atoms with Gasteiger partial charge in [0, 0.05) is 30.4 Å². The Labute approximate surface area is 80.4 Å². The maximum absolute atomic E-state index is 4.49. The Morgan fingerprint density at radius 3 is 3.31 bits per heavy atom. The van der Waals surface area contributed by atoms with Crippen LogP contribution in [0.4, 0.5) is 0 Å². The molecule has 1 fully saturated rings. The minimum absolute atomic E-state index is 0.764. The van der Waals surface area contributed by atoms with Gasteiger partial charge < -0.3 is 5.32 Å². The molecule has 1 N–H and O–H groups in total. The Kier molecular flexibility index (Phi) is 1.63. The third-order valence-corrected chi connectivity index (χ3v) is 3.06. The summed E-state index contributed by atoms with van der Waals surface area (Å²) in [5, 5.41) is 5.51. The predicted octanol–water partition coefficient (Wildman–Crippen LogP) is 1.65. The Bertz CT molecular complexity index is 385. The molecule has 1 aliphatic carbocycles. The summed E-state index contributed by atoms with van der Waals surface area (Å²) in [5.41, 5.74) is 1.15.